The number of nitrogens with one attached hydrogen (secondary N) is 1. The quantitative estimate of drug-likeness (QED) is 0.679. The Morgan fingerprint density at radius 1 is 1.36 bits per heavy atom. The lowest BCUT2D eigenvalue weighted by Gasteiger charge is -2.29. The van der Waals surface area contributed by atoms with E-state index in [0.717, 1.165) is 23.8 Å². The molecule has 4 unspecified atom stereocenters. The van der Waals surface area contributed by atoms with E-state index in [1.807, 2.05) is 0 Å². The predicted molar refractivity (Wildman–Crippen MR) is 61.2 cm³/mol. The molecule has 0 aromatic rings. The van der Waals surface area contributed by atoms with Gasteiger partial charge in [0.15, 0.2) is 0 Å². The first kappa shape index (κ1) is 10.2. The third kappa shape index (κ3) is 2.20. The van der Waals surface area contributed by atoms with Crippen molar-refractivity contribution in [1.29, 1.82) is 0 Å². The lowest BCUT2D eigenvalue weighted by atomic mass is 9.80. The molecule has 80 valence electrons. The average molecular weight is 193 g/mol. The van der Waals surface area contributed by atoms with Gasteiger partial charge in [0.05, 0.1) is 0 Å². The normalized spacial score (nSPS) is 42.1. The number of rotatable bonds is 3. The van der Waals surface area contributed by atoms with Crippen molar-refractivity contribution < 1.29 is 0 Å². The molecule has 1 nitrogen and oxygen atoms in total. The SMILES string of the molecule is CC1=CCCC(C)C1CNC1CC1C. The molecule has 2 aliphatic carbocycles. The molecule has 1 saturated carbocycles. The van der Waals surface area contributed by atoms with Crippen molar-refractivity contribution in [3.8, 4) is 0 Å². The molecule has 0 bridgehead atoms. The van der Waals surface area contributed by atoms with E-state index < -0.39 is 0 Å². The zero-order valence-electron chi connectivity index (χ0n) is 9.72. The third-order valence-electron chi connectivity index (χ3n) is 4.07. The molecule has 0 aromatic carbocycles. The van der Waals surface area contributed by atoms with Crippen LogP contribution in [-0.2, 0) is 0 Å². The van der Waals surface area contributed by atoms with E-state index in [2.05, 4.69) is 32.2 Å². The molecule has 0 aromatic heterocycles. The molecular formula is C13H23N. The van der Waals surface area contributed by atoms with E-state index in [4.69, 9.17) is 0 Å². The Bertz CT molecular complexity index is 231. The molecule has 1 fully saturated rings. The fourth-order valence-electron chi connectivity index (χ4n) is 2.62. The van der Waals surface area contributed by atoms with Gasteiger partial charge in [0.1, 0.15) is 0 Å². The lowest BCUT2D eigenvalue weighted by Crippen LogP contribution is -2.31. The summed E-state index contributed by atoms with van der Waals surface area (Å²) in [5.74, 6) is 2.61. The van der Waals surface area contributed by atoms with Gasteiger partial charge in [-0.2, -0.15) is 0 Å². The standard InChI is InChI=1S/C13H23N/c1-9-5-4-6-10(2)12(9)8-14-13-7-11(13)3/h5,10-14H,4,6-8H2,1-3H3. The lowest BCUT2D eigenvalue weighted by molar-refractivity contribution is 0.348. The summed E-state index contributed by atoms with van der Waals surface area (Å²) in [6.07, 6.45) is 6.50. The molecule has 0 spiro atoms. The Labute approximate surface area is 88.0 Å². The van der Waals surface area contributed by atoms with Crippen LogP contribution in [0.3, 0.4) is 0 Å². The third-order valence-corrected chi connectivity index (χ3v) is 4.07. The Morgan fingerprint density at radius 2 is 2.07 bits per heavy atom. The van der Waals surface area contributed by atoms with Crippen LogP contribution in [0.1, 0.15) is 40.0 Å². The number of hydrogen-bond donors (Lipinski definition) is 1. The van der Waals surface area contributed by atoms with Gasteiger partial charge in [0.2, 0.25) is 0 Å². The number of allylic oxidation sites excluding steroid dienone is 1. The molecule has 1 N–H and O–H groups in total. The van der Waals surface area contributed by atoms with E-state index in [1.165, 1.54) is 25.8 Å². The van der Waals surface area contributed by atoms with Gasteiger partial charge in [0, 0.05) is 12.6 Å². The molecule has 4 atom stereocenters. The van der Waals surface area contributed by atoms with Crippen molar-refractivity contribution in [2.75, 3.05) is 6.54 Å². The van der Waals surface area contributed by atoms with Crippen molar-refractivity contribution in [3.63, 3.8) is 0 Å². The van der Waals surface area contributed by atoms with E-state index >= 15 is 0 Å². The second-order valence-corrected chi connectivity index (χ2v) is 5.34. The summed E-state index contributed by atoms with van der Waals surface area (Å²) in [6, 6.07) is 0.830. The van der Waals surface area contributed by atoms with Crippen LogP contribution >= 0.6 is 0 Å². The van der Waals surface area contributed by atoms with Gasteiger partial charge in [-0.05, 0) is 43.9 Å². The first-order valence-corrected chi connectivity index (χ1v) is 6.08. The molecule has 2 aliphatic rings. The van der Waals surface area contributed by atoms with Crippen LogP contribution in [0.5, 0.6) is 0 Å². The largest absolute Gasteiger partial charge is 0.313 e. The smallest absolute Gasteiger partial charge is 0.00966 e. The first-order chi connectivity index (χ1) is 6.68. The van der Waals surface area contributed by atoms with Gasteiger partial charge in [-0.3, -0.25) is 0 Å². The molecule has 2 rings (SSSR count). The van der Waals surface area contributed by atoms with Crippen LogP contribution < -0.4 is 5.32 Å². The molecule has 14 heavy (non-hydrogen) atoms. The zero-order valence-corrected chi connectivity index (χ0v) is 9.72. The van der Waals surface area contributed by atoms with Crippen molar-refractivity contribution in [2.24, 2.45) is 17.8 Å². The summed E-state index contributed by atoms with van der Waals surface area (Å²) < 4.78 is 0. The van der Waals surface area contributed by atoms with Crippen LogP contribution in [0.4, 0.5) is 0 Å². The van der Waals surface area contributed by atoms with Crippen LogP contribution in [0.2, 0.25) is 0 Å². The zero-order chi connectivity index (χ0) is 10.1. The van der Waals surface area contributed by atoms with Gasteiger partial charge < -0.3 is 5.32 Å². The summed E-state index contributed by atoms with van der Waals surface area (Å²) in [5, 5.41) is 3.70. The fourth-order valence-corrected chi connectivity index (χ4v) is 2.62. The van der Waals surface area contributed by atoms with Crippen LogP contribution in [0.25, 0.3) is 0 Å². The monoisotopic (exact) mass is 193 g/mol. The van der Waals surface area contributed by atoms with Crippen LogP contribution in [0, 0.1) is 17.8 Å². The Kier molecular flexibility index (Phi) is 2.96. The van der Waals surface area contributed by atoms with E-state index in [9.17, 15) is 0 Å². The molecular weight excluding hydrogens is 170 g/mol. The summed E-state index contributed by atoms with van der Waals surface area (Å²) in [5.41, 5.74) is 1.62. The molecule has 0 amide bonds. The van der Waals surface area contributed by atoms with Gasteiger partial charge >= 0.3 is 0 Å². The van der Waals surface area contributed by atoms with Crippen molar-refractivity contribution in [1.82, 2.24) is 5.32 Å². The predicted octanol–water partition coefficient (Wildman–Crippen LogP) is 2.98. The topological polar surface area (TPSA) is 12.0 Å². The highest BCUT2D eigenvalue weighted by Gasteiger charge is 2.33. The Hall–Kier alpha value is -0.300. The summed E-state index contributed by atoms with van der Waals surface area (Å²) in [6.45, 7) is 8.25. The maximum absolute atomic E-state index is 3.70. The summed E-state index contributed by atoms with van der Waals surface area (Å²) in [4.78, 5) is 0. The van der Waals surface area contributed by atoms with Gasteiger partial charge in [-0.25, -0.2) is 0 Å². The molecule has 0 radical (unpaired) electrons. The molecule has 0 heterocycles. The van der Waals surface area contributed by atoms with Gasteiger partial charge in [-0.1, -0.05) is 25.5 Å². The maximum atomic E-state index is 3.70. The first-order valence-electron chi connectivity index (χ1n) is 6.08. The van der Waals surface area contributed by atoms with E-state index in [1.54, 1.807) is 5.57 Å². The van der Waals surface area contributed by atoms with Crippen LogP contribution in [0.15, 0.2) is 11.6 Å². The highest BCUT2D eigenvalue weighted by molar-refractivity contribution is 5.09. The van der Waals surface area contributed by atoms with Crippen molar-refractivity contribution in [2.45, 2.75) is 46.1 Å². The molecule has 0 aliphatic heterocycles. The minimum atomic E-state index is 0.802. The van der Waals surface area contributed by atoms with Gasteiger partial charge in [-0.15, -0.1) is 0 Å². The minimum absolute atomic E-state index is 0.802. The maximum Gasteiger partial charge on any atom is 0.00966 e. The second-order valence-electron chi connectivity index (χ2n) is 5.34. The van der Waals surface area contributed by atoms with E-state index in [0.29, 0.717) is 0 Å². The Balaban J connectivity index is 1.82. The molecule has 0 saturated heterocycles. The highest BCUT2D eigenvalue weighted by Crippen LogP contribution is 2.32. The summed E-state index contributed by atoms with van der Waals surface area (Å²) in [7, 11) is 0. The number of hydrogen-bond acceptors (Lipinski definition) is 1. The summed E-state index contributed by atoms with van der Waals surface area (Å²) >= 11 is 0. The van der Waals surface area contributed by atoms with Crippen molar-refractivity contribution in [3.05, 3.63) is 11.6 Å². The Morgan fingerprint density at radius 3 is 2.64 bits per heavy atom. The van der Waals surface area contributed by atoms with Crippen molar-refractivity contribution >= 4 is 0 Å². The highest BCUT2D eigenvalue weighted by atomic mass is 15.0. The second kappa shape index (κ2) is 4.06. The fraction of sp³-hybridized carbons (Fsp3) is 0.846. The van der Waals surface area contributed by atoms with Gasteiger partial charge in [0.25, 0.3) is 0 Å². The van der Waals surface area contributed by atoms with E-state index in [-0.39, 0.29) is 0 Å². The molecule has 1 heteroatoms. The minimum Gasteiger partial charge on any atom is -0.313 e. The van der Waals surface area contributed by atoms with Crippen LogP contribution in [-0.4, -0.2) is 12.6 Å². The average Bonchev–Trinajstić information content (AvgIpc) is 2.81.